The quantitative estimate of drug-likeness (QED) is 0.576. The Morgan fingerprint density at radius 3 is 2.50 bits per heavy atom. The lowest BCUT2D eigenvalue weighted by Crippen LogP contribution is -2.30. The fourth-order valence-corrected chi connectivity index (χ4v) is 0.811. The van der Waals surface area contributed by atoms with E-state index in [0.717, 1.165) is 0 Å². The number of terminal acetylenes is 1. The molecule has 3 nitrogen and oxygen atoms in total. The zero-order valence-electron chi connectivity index (χ0n) is 7.21. The van der Waals surface area contributed by atoms with Gasteiger partial charge >= 0.3 is 0 Å². The Morgan fingerprint density at radius 1 is 1.50 bits per heavy atom. The van der Waals surface area contributed by atoms with Crippen LogP contribution in [0.4, 0.5) is 0 Å². The molecule has 0 heterocycles. The summed E-state index contributed by atoms with van der Waals surface area (Å²) in [4.78, 5) is 12.5. The molecule has 0 aromatic carbocycles. The molecule has 12 heavy (non-hydrogen) atoms. The lowest BCUT2D eigenvalue weighted by atomic mass is 10.3. The molecule has 0 aliphatic heterocycles. The second kappa shape index (κ2) is 6.24. The molecule has 0 fully saturated rings. The topological polar surface area (TPSA) is 44.1 Å². The van der Waals surface area contributed by atoms with Crippen LogP contribution >= 0.6 is 0 Å². The van der Waals surface area contributed by atoms with Crippen molar-refractivity contribution in [3.63, 3.8) is 0 Å². The zero-order valence-corrected chi connectivity index (χ0v) is 7.21. The van der Waals surface area contributed by atoms with E-state index in [9.17, 15) is 4.79 Å². The van der Waals surface area contributed by atoms with E-state index in [2.05, 4.69) is 5.92 Å². The molecule has 64 valence electrons. The van der Waals surface area contributed by atoms with Crippen molar-refractivity contribution in [1.82, 2.24) is 4.90 Å². The molecule has 0 radical (unpaired) electrons. The van der Waals surface area contributed by atoms with E-state index < -0.39 is 0 Å². The second-order valence-electron chi connectivity index (χ2n) is 2.37. The first kappa shape index (κ1) is 10.5. The van der Waals surface area contributed by atoms with Crippen molar-refractivity contribution in [3.05, 3.63) is 0 Å². The fraction of sp³-hybridized carbons (Fsp3) is 0.556. The highest BCUT2D eigenvalue weighted by Crippen LogP contribution is 1.93. The summed E-state index contributed by atoms with van der Waals surface area (Å²) >= 11 is 0. The van der Waals surface area contributed by atoms with E-state index in [0.29, 0.717) is 25.9 Å². The number of amides is 1. The second-order valence-corrected chi connectivity index (χ2v) is 2.37. The summed E-state index contributed by atoms with van der Waals surface area (Å²) in [5, 5.41) is 8.29. The first-order valence-electron chi connectivity index (χ1n) is 3.78. The van der Waals surface area contributed by atoms with Gasteiger partial charge in [0.05, 0.1) is 12.5 Å². The molecular formula is C9H12N2O. The molecule has 0 spiro atoms. The predicted molar refractivity (Wildman–Crippen MR) is 45.9 cm³/mol. The van der Waals surface area contributed by atoms with Gasteiger partial charge in [0, 0.05) is 26.4 Å². The minimum atomic E-state index is -0.0273. The average molecular weight is 164 g/mol. The van der Waals surface area contributed by atoms with Crippen molar-refractivity contribution in [2.24, 2.45) is 0 Å². The summed E-state index contributed by atoms with van der Waals surface area (Å²) in [6.45, 7) is 2.51. The maximum Gasteiger partial charge on any atom is 0.219 e. The molecule has 0 saturated carbocycles. The van der Waals surface area contributed by atoms with Gasteiger partial charge in [-0.05, 0) is 0 Å². The summed E-state index contributed by atoms with van der Waals surface area (Å²) in [6, 6.07) is 1.98. The average Bonchev–Trinajstić information content (AvgIpc) is 2.04. The van der Waals surface area contributed by atoms with Gasteiger partial charge in [-0.15, -0.1) is 12.3 Å². The van der Waals surface area contributed by atoms with Crippen LogP contribution in [0, 0.1) is 23.7 Å². The molecule has 0 aliphatic carbocycles. The Hall–Kier alpha value is -1.48. The standard InChI is InChI=1S/C9H12N2O/c1-3-4-7-11(9(2)12)8-5-6-10/h1H,4-5,7-8H2,2H3. The Bertz CT molecular complexity index is 204. The van der Waals surface area contributed by atoms with E-state index >= 15 is 0 Å². The van der Waals surface area contributed by atoms with Crippen LogP contribution in [0.3, 0.4) is 0 Å². The summed E-state index contributed by atoms with van der Waals surface area (Å²) in [5.41, 5.74) is 0. The molecule has 0 rings (SSSR count). The number of hydrogen-bond donors (Lipinski definition) is 0. The van der Waals surface area contributed by atoms with Crippen molar-refractivity contribution in [2.75, 3.05) is 13.1 Å². The molecular weight excluding hydrogens is 152 g/mol. The predicted octanol–water partition coefficient (Wildman–Crippen LogP) is 0.772. The largest absolute Gasteiger partial charge is 0.341 e. The van der Waals surface area contributed by atoms with E-state index in [1.54, 1.807) is 4.90 Å². The molecule has 0 aliphatic rings. The van der Waals surface area contributed by atoms with Gasteiger partial charge in [0.1, 0.15) is 0 Å². The third-order valence-corrected chi connectivity index (χ3v) is 1.46. The maximum atomic E-state index is 10.9. The molecule has 0 aromatic heterocycles. The maximum absolute atomic E-state index is 10.9. The van der Waals surface area contributed by atoms with Gasteiger partial charge < -0.3 is 4.90 Å². The van der Waals surface area contributed by atoms with Crippen LogP contribution in [0.1, 0.15) is 19.8 Å². The third-order valence-electron chi connectivity index (χ3n) is 1.46. The van der Waals surface area contributed by atoms with Crippen molar-refractivity contribution >= 4 is 5.91 Å². The number of carbonyl (C=O) groups is 1. The van der Waals surface area contributed by atoms with Gasteiger partial charge in [-0.2, -0.15) is 5.26 Å². The first-order chi connectivity index (χ1) is 5.72. The Kier molecular flexibility index (Phi) is 5.47. The Labute approximate surface area is 73.0 Å². The SMILES string of the molecule is C#CCCN(CCC#N)C(C)=O. The van der Waals surface area contributed by atoms with Crippen molar-refractivity contribution in [1.29, 1.82) is 5.26 Å². The Morgan fingerprint density at radius 2 is 2.08 bits per heavy atom. The van der Waals surface area contributed by atoms with Crippen LogP contribution in [-0.2, 0) is 4.79 Å². The zero-order chi connectivity index (χ0) is 9.40. The van der Waals surface area contributed by atoms with Crippen LogP contribution in [0.15, 0.2) is 0 Å². The first-order valence-corrected chi connectivity index (χ1v) is 3.78. The van der Waals surface area contributed by atoms with Crippen LogP contribution in [0.2, 0.25) is 0 Å². The number of rotatable bonds is 4. The van der Waals surface area contributed by atoms with E-state index in [1.807, 2.05) is 6.07 Å². The molecule has 3 heteroatoms. The monoisotopic (exact) mass is 164 g/mol. The lowest BCUT2D eigenvalue weighted by Gasteiger charge is -2.17. The molecule has 0 bridgehead atoms. The summed E-state index contributed by atoms with van der Waals surface area (Å²) < 4.78 is 0. The smallest absolute Gasteiger partial charge is 0.219 e. The van der Waals surface area contributed by atoms with E-state index in [1.165, 1.54) is 6.92 Å². The molecule has 1 amide bonds. The van der Waals surface area contributed by atoms with Gasteiger partial charge in [0.25, 0.3) is 0 Å². The van der Waals surface area contributed by atoms with Gasteiger partial charge in [-0.3, -0.25) is 4.79 Å². The molecule has 0 saturated heterocycles. The van der Waals surface area contributed by atoms with Gasteiger partial charge in [-0.1, -0.05) is 0 Å². The van der Waals surface area contributed by atoms with Gasteiger partial charge in [0.2, 0.25) is 5.91 Å². The van der Waals surface area contributed by atoms with Crippen LogP contribution < -0.4 is 0 Å². The minimum absolute atomic E-state index is 0.0273. The number of nitrogens with zero attached hydrogens (tertiary/aromatic N) is 2. The van der Waals surface area contributed by atoms with E-state index in [-0.39, 0.29) is 5.91 Å². The number of carbonyl (C=O) groups excluding carboxylic acids is 1. The van der Waals surface area contributed by atoms with Crippen molar-refractivity contribution < 1.29 is 4.79 Å². The molecule has 0 N–H and O–H groups in total. The van der Waals surface area contributed by atoms with Crippen LogP contribution in [-0.4, -0.2) is 23.9 Å². The number of hydrogen-bond acceptors (Lipinski definition) is 2. The highest BCUT2D eigenvalue weighted by atomic mass is 16.2. The highest BCUT2D eigenvalue weighted by molar-refractivity contribution is 5.73. The molecule has 0 aromatic rings. The lowest BCUT2D eigenvalue weighted by molar-refractivity contribution is -0.128. The molecule has 0 atom stereocenters. The summed E-state index contributed by atoms with van der Waals surface area (Å²) in [5.74, 6) is 2.43. The molecule has 0 unspecified atom stereocenters. The number of nitriles is 1. The van der Waals surface area contributed by atoms with Gasteiger partial charge in [0.15, 0.2) is 0 Å². The van der Waals surface area contributed by atoms with Crippen LogP contribution in [0.5, 0.6) is 0 Å². The van der Waals surface area contributed by atoms with Crippen molar-refractivity contribution in [3.8, 4) is 18.4 Å². The third kappa shape index (κ3) is 4.35. The van der Waals surface area contributed by atoms with Crippen molar-refractivity contribution in [2.45, 2.75) is 19.8 Å². The van der Waals surface area contributed by atoms with Gasteiger partial charge in [-0.25, -0.2) is 0 Å². The Balaban J connectivity index is 3.82. The summed E-state index contributed by atoms with van der Waals surface area (Å²) in [7, 11) is 0. The highest BCUT2D eigenvalue weighted by Gasteiger charge is 2.05. The fourth-order valence-electron chi connectivity index (χ4n) is 0.811. The van der Waals surface area contributed by atoms with E-state index in [4.69, 9.17) is 11.7 Å². The van der Waals surface area contributed by atoms with Crippen LogP contribution in [0.25, 0.3) is 0 Å². The minimum Gasteiger partial charge on any atom is -0.341 e. The normalized spacial score (nSPS) is 8.25. The summed E-state index contributed by atoms with van der Waals surface area (Å²) in [6.07, 6.45) is 5.96.